The van der Waals surface area contributed by atoms with E-state index in [0.717, 1.165) is 5.75 Å². The van der Waals surface area contributed by atoms with Crippen LogP contribution < -0.4 is 0 Å². The Kier molecular flexibility index (Phi) is 16.3. The molecule has 0 aromatic rings. The molecule has 0 aromatic heterocycles. The van der Waals surface area contributed by atoms with E-state index >= 15 is 0 Å². The van der Waals surface area contributed by atoms with Gasteiger partial charge in [0.2, 0.25) is 0 Å². The van der Waals surface area contributed by atoms with Crippen molar-refractivity contribution in [2.75, 3.05) is 23.9 Å². The van der Waals surface area contributed by atoms with Crippen LogP contribution in [0.4, 0.5) is 0 Å². The van der Waals surface area contributed by atoms with Crippen LogP contribution in [0.2, 0.25) is 0 Å². The highest BCUT2D eigenvalue weighted by atomic mass is 32.2. The second-order valence-corrected chi connectivity index (χ2v) is 7.43. The summed E-state index contributed by atoms with van der Waals surface area (Å²) in [4.78, 5) is 0. The van der Waals surface area contributed by atoms with Gasteiger partial charge in [0.15, 0.2) is 0 Å². The van der Waals surface area contributed by atoms with Crippen molar-refractivity contribution in [2.45, 2.75) is 70.5 Å². The number of hydrogen-bond acceptors (Lipinski definition) is 3. The van der Waals surface area contributed by atoms with Crippen molar-refractivity contribution < 1.29 is 5.11 Å². The van der Waals surface area contributed by atoms with E-state index in [1.165, 1.54) is 62.9 Å². The summed E-state index contributed by atoms with van der Waals surface area (Å²) in [6.07, 6.45) is 10.7. The molecular formula is C15H32OS2. The van der Waals surface area contributed by atoms with Crippen molar-refractivity contribution >= 4 is 23.5 Å². The normalized spacial score (nSPS) is 12.8. The molecule has 18 heavy (non-hydrogen) atoms. The molecule has 0 rings (SSSR count). The Morgan fingerprint density at radius 3 is 2.00 bits per heavy atom. The molecule has 0 fully saturated rings. The number of hydrogen-bond donors (Lipinski definition) is 1. The fourth-order valence-corrected chi connectivity index (χ4v) is 4.20. The van der Waals surface area contributed by atoms with E-state index in [4.69, 9.17) is 0 Å². The lowest BCUT2D eigenvalue weighted by molar-refractivity contribution is 0.301. The summed E-state index contributed by atoms with van der Waals surface area (Å²) < 4.78 is 0. The average Bonchev–Trinajstić information content (AvgIpc) is 2.40. The van der Waals surface area contributed by atoms with Crippen molar-refractivity contribution in [2.24, 2.45) is 0 Å². The summed E-state index contributed by atoms with van der Waals surface area (Å²) in [7, 11) is 0. The molecule has 0 amide bonds. The molecule has 3 heteroatoms. The molecule has 0 heterocycles. The highest BCUT2D eigenvalue weighted by Crippen LogP contribution is 2.19. The first kappa shape index (κ1) is 18.7. The third kappa shape index (κ3) is 13.1. The topological polar surface area (TPSA) is 20.2 Å². The Bertz CT molecular complexity index is 153. The van der Waals surface area contributed by atoms with Crippen molar-refractivity contribution in [3.05, 3.63) is 0 Å². The van der Waals surface area contributed by atoms with Gasteiger partial charge in [-0.15, -0.1) is 0 Å². The van der Waals surface area contributed by atoms with Gasteiger partial charge in [-0.25, -0.2) is 0 Å². The first-order chi connectivity index (χ1) is 8.85. The van der Waals surface area contributed by atoms with Crippen molar-refractivity contribution in [3.63, 3.8) is 0 Å². The quantitative estimate of drug-likeness (QED) is 0.456. The molecule has 0 bridgehead atoms. The van der Waals surface area contributed by atoms with E-state index in [2.05, 4.69) is 13.8 Å². The Balaban J connectivity index is 3.29. The Morgan fingerprint density at radius 2 is 1.44 bits per heavy atom. The number of aliphatic hydroxyl groups excluding tert-OH is 1. The number of aliphatic hydroxyl groups is 1. The summed E-state index contributed by atoms with van der Waals surface area (Å²) in [5, 5.41) is 9.80. The molecule has 0 saturated heterocycles. The van der Waals surface area contributed by atoms with Crippen LogP contribution >= 0.6 is 23.5 Å². The van der Waals surface area contributed by atoms with Gasteiger partial charge in [-0.1, -0.05) is 52.4 Å². The minimum Gasteiger partial charge on any atom is -0.395 e. The minimum absolute atomic E-state index is 0.348. The third-order valence-electron chi connectivity index (χ3n) is 3.00. The van der Waals surface area contributed by atoms with Crippen LogP contribution in [0.15, 0.2) is 0 Å². The van der Waals surface area contributed by atoms with Crippen LogP contribution in [0.25, 0.3) is 0 Å². The zero-order chi connectivity index (χ0) is 13.5. The average molecular weight is 293 g/mol. The second kappa shape index (κ2) is 15.7. The summed E-state index contributed by atoms with van der Waals surface area (Å²) in [5.41, 5.74) is 0. The second-order valence-electron chi connectivity index (χ2n) is 4.87. The molecule has 0 saturated carbocycles. The molecule has 1 atom stereocenters. The van der Waals surface area contributed by atoms with Gasteiger partial charge in [0.25, 0.3) is 0 Å². The van der Waals surface area contributed by atoms with E-state index in [-0.39, 0.29) is 0 Å². The molecule has 0 spiro atoms. The minimum atomic E-state index is 0.348. The first-order valence-electron chi connectivity index (χ1n) is 7.65. The van der Waals surface area contributed by atoms with Gasteiger partial charge in [-0.2, -0.15) is 23.5 Å². The number of rotatable bonds is 14. The zero-order valence-corrected chi connectivity index (χ0v) is 14.0. The molecule has 0 aromatic carbocycles. The highest BCUT2D eigenvalue weighted by Gasteiger charge is 2.07. The highest BCUT2D eigenvalue weighted by molar-refractivity contribution is 8.03. The van der Waals surface area contributed by atoms with Gasteiger partial charge >= 0.3 is 0 Å². The van der Waals surface area contributed by atoms with E-state index in [0.29, 0.717) is 11.9 Å². The maximum atomic E-state index is 9.34. The predicted molar refractivity (Wildman–Crippen MR) is 88.9 cm³/mol. The molecule has 0 aliphatic rings. The zero-order valence-electron chi connectivity index (χ0n) is 12.3. The molecule has 0 aliphatic heterocycles. The monoisotopic (exact) mass is 292 g/mol. The van der Waals surface area contributed by atoms with Crippen LogP contribution in [0, 0.1) is 0 Å². The predicted octanol–water partition coefficient (Wildman–Crippen LogP) is 4.97. The standard InChI is InChI=1S/C15H32OS2/c1-3-5-7-9-11-17-14-15(13-16)18-12-10-8-6-4-2/h15-16H,3-14H2,1-2H3. The molecule has 1 nitrogen and oxygen atoms in total. The van der Waals surface area contributed by atoms with Gasteiger partial charge in [0.1, 0.15) is 0 Å². The number of unbranched alkanes of at least 4 members (excludes halogenated alkanes) is 6. The van der Waals surface area contributed by atoms with E-state index in [9.17, 15) is 5.11 Å². The van der Waals surface area contributed by atoms with E-state index in [1.54, 1.807) is 0 Å². The maximum absolute atomic E-state index is 9.34. The molecule has 110 valence electrons. The van der Waals surface area contributed by atoms with Crippen LogP contribution in [0.1, 0.15) is 65.2 Å². The molecule has 1 N–H and O–H groups in total. The largest absolute Gasteiger partial charge is 0.395 e. The lowest BCUT2D eigenvalue weighted by atomic mass is 10.2. The van der Waals surface area contributed by atoms with Crippen LogP contribution in [0.3, 0.4) is 0 Å². The molecule has 0 radical (unpaired) electrons. The lowest BCUT2D eigenvalue weighted by Crippen LogP contribution is -2.13. The Labute approximate surface area is 123 Å². The summed E-state index contributed by atoms with van der Waals surface area (Å²) in [6.45, 7) is 4.85. The lowest BCUT2D eigenvalue weighted by Gasteiger charge is -2.13. The summed E-state index contributed by atoms with van der Waals surface area (Å²) in [6, 6.07) is 0. The van der Waals surface area contributed by atoms with Crippen molar-refractivity contribution in [3.8, 4) is 0 Å². The van der Waals surface area contributed by atoms with Gasteiger partial charge in [0.05, 0.1) is 6.61 Å². The maximum Gasteiger partial charge on any atom is 0.0558 e. The summed E-state index contributed by atoms with van der Waals surface area (Å²) in [5.74, 6) is 3.62. The Hall–Kier alpha value is 0.660. The van der Waals surface area contributed by atoms with Gasteiger partial charge < -0.3 is 5.11 Å². The molecular weight excluding hydrogens is 260 g/mol. The van der Waals surface area contributed by atoms with E-state index in [1.807, 2.05) is 23.5 Å². The van der Waals surface area contributed by atoms with Crippen LogP contribution in [-0.2, 0) is 0 Å². The summed E-state index contributed by atoms with van der Waals surface area (Å²) >= 11 is 3.99. The van der Waals surface area contributed by atoms with Crippen LogP contribution in [-0.4, -0.2) is 34.2 Å². The SMILES string of the molecule is CCCCCCSCC(CO)SCCCCCC. The van der Waals surface area contributed by atoms with Gasteiger partial charge in [-0.05, 0) is 24.3 Å². The smallest absolute Gasteiger partial charge is 0.0558 e. The third-order valence-corrected chi connectivity index (χ3v) is 5.74. The number of thioether (sulfide) groups is 2. The molecule has 1 unspecified atom stereocenters. The van der Waals surface area contributed by atoms with E-state index < -0.39 is 0 Å². The van der Waals surface area contributed by atoms with Gasteiger partial charge in [-0.3, -0.25) is 0 Å². The first-order valence-corrected chi connectivity index (χ1v) is 9.85. The fourth-order valence-electron chi connectivity index (χ4n) is 1.78. The van der Waals surface area contributed by atoms with Crippen molar-refractivity contribution in [1.29, 1.82) is 0 Å². The fraction of sp³-hybridized carbons (Fsp3) is 1.00. The van der Waals surface area contributed by atoms with Crippen LogP contribution in [0.5, 0.6) is 0 Å². The Morgan fingerprint density at radius 1 is 0.833 bits per heavy atom. The van der Waals surface area contributed by atoms with Gasteiger partial charge in [0, 0.05) is 11.0 Å². The molecule has 0 aliphatic carbocycles. The van der Waals surface area contributed by atoms with Crippen molar-refractivity contribution in [1.82, 2.24) is 0 Å².